The summed E-state index contributed by atoms with van der Waals surface area (Å²) in [6, 6.07) is 21.6. The van der Waals surface area contributed by atoms with Crippen LogP contribution in [0.3, 0.4) is 0 Å². The van der Waals surface area contributed by atoms with Crippen LogP contribution in [-0.4, -0.2) is 39.0 Å². The molecule has 0 saturated heterocycles. The predicted octanol–water partition coefficient (Wildman–Crippen LogP) is 3.25. The van der Waals surface area contributed by atoms with Gasteiger partial charge in [-0.2, -0.15) is 0 Å². The second-order valence-corrected chi connectivity index (χ2v) is 9.55. The van der Waals surface area contributed by atoms with Gasteiger partial charge < -0.3 is 10.2 Å². The lowest BCUT2D eigenvalue weighted by atomic mass is 9.90. The Balaban J connectivity index is 1.83. The highest BCUT2D eigenvalue weighted by atomic mass is 32.2. The maximum Gasteiger partial charge on any atom is 0.238 e. The summed E-state index contributed by atoms with van der Waals surface area (Å²) < 4.78 is 23.8. The zero-order chi connectivity index (χ0) is 22.9. The molecule has 4 rings (SSSR count). The Morgan fingerprint density at radius 2 is 1.72 bits per heavy atom. The first-order chi connectivity index (χ1) is 15.2. The molecule has 1 heterocycles. The fourth-order valence-electron chi connectivity index (χ4n) is 3.77. The molecule has 1 amide bonds. The van der Waals surface area contributed by atoms with Crippen molar-refractivity contribution in [3.8, 4) is 0 Å². The number of anilines is 1. The van der Waals surface area contributed by atoms with Crippen molar-refractivity contribution in [3.63, 3.8) is 0 Å². The van der Waals surface area contributed by atoms with Crippen LogP contribution in [0.1, 0.15) is 22.6 Å². The van der Waals surface area contributed by atoms with E-state index >= 15 is 0 Å². The van der Waals surface area contributed by atoms with Gasteiger partial charge in [0.05, 0.1) is 16.3 Å². The highest BCUT2D eigenvalue weighted by Crippen LogP contribution is 2.37. The molecule has 1 aliphatic heterocycles. The first kappa shape index (κ1) is 21.9. The molecule has 0 radical (unpaired) electrons. The number of aliphatic imine (C=N–C) groups is 1. The first-order valence-electron chi connectivity index (χ1n) is 10.1. The third kappa shape index (κ3) is 4.62. The largest absolute Gasteiger partial charge is 0.325 e. The monoisotopic (exact) mass is 448 g/mol. The Labute approximate surface area is 187 Å². The van der Waals surface area contributed by atoms with Gasteiger partial charge in [-0.3, -0.25) is 9.79 Å². The number of nitrogens with one attached hydrogen (secondary N) is 1. The fourth-order valence-corrected chi connectivity index (χ4v) is 4.32. The minimum absolute atomic E-state index is 0.0433. The summed E-state index contributed by atoms with van der Waals surface area (Å²) in [6.45, 7) is 0.810. The highest BCUT2D eigenvalue weighted by Gasteiger charge is 2.36. The molecule has 32 heavy (non-hydrogen) atoms. The number of rotatable bonds is 6. The lowest BCUT2D eigenvalue weighted by Gasteiger charge is -2.15. The van der Waals surface area contributed by atoms with Crippen LogP contribution >= 0.6 is 0 Å². The molecule has 0 fully saturated rings. The van der Waals surface area contributed by atoms with E-state index in [1.165, 1.54) is 12.1 Å². The van der Waals surface area contributed by atoms with Gasteiger partial charge in [0.25, 0.3) is 0 Å². The van der Waals surface area contributed by atoms with Crippen molar-refractivity contribution in [3.05, 3.63) is 89.5 Å². The summed E-state index contributed by atoms with van der Waals surface area (Å²) in [6.07, 6.45) is 0. The standard InChI is InChI=1S/C24H24N4O3S/c1-28(2)15-16-8-10-18(11-9-16)26-23(17-6-4-3-5-7-17)22-20-14-19(32(25,30)31)12-13-21(20)27-24(22)29/h3-14,22H,15H2,1-2H3,(H,27,29)(H2,25,30,31). The molecule has 3 N–H and O–H groups in total. The van der Waals surface area contributed by atoms with Gasteiger partial charge in [0.1, 0.15) is 5.92 Å². The van der Waals surface area contributed by atoms with Crippen LogP contribution < -0.4 is 10.5 Å². The maximum atomic E-state index is 13.0. The van der Waals surface area contributed by atoms with E-state index < -0.39 is 15.9 Å². The number of fused-ring (bicyclic) bond motifs is 1. The van der Waals surface area contributed by atoms with Crippen LogP contribution in [-0.2, 0) is 21.4 Å². The van der Waals surface area contributed by atoms with Crippen LogP contribution in [0.4, 0.5) is 11.4 Å². The van der Waals surface area contributed by atoms with E-state index in [2.05, 4.69) is 10.2 Å². The normalized spacial score (nSPS) is 16.2. The zero-order valence-electron chi connectivity index (χ0n) is 17.8. The van der Waals surface area contributed by atoms with E-state index in [-0.39, 0.29) is 10.8 Å². The highest BCUT2D eigenvalue weighted by molar-refractivity contribution is 7.89. The zero-order valence-corrected chi connectivity index (χ0v) is 18.6. The van der Waals surface area contributed by atoms with Crippen LogP contribution in [0.5, 0.6) is 0 Å². The average molecular weight is 449 g/mol. The van der Waals surface area contributed by atoms with E-state index in [1.807, 2.05) is 68.7 Å². The van der Waals surface area contributed by atoms with Gasteiger partial charge in [-0.25, -0.2) is 13.6 Å². The molecule has 3 aromatic carbocycles. The number of carbonyl (C=O) groups excluding carboxylic acids is 1. The Morgan fingerprint density at radius 1 is 1.03 bits per heavy atom. The van der Waals surface area contributed by atoms with Gasteiger partial charge in [-0.1, -0.05) is 42.5 Å². The number of hydrogen-bond acceptors (Lipinski definition) is 5. The Hall–Kier alpha value is -3.33. The Morgan fingerprint density at radius 3 is 2.34 bits per heavy atom. The van der Waals surface area contributed by atoms with Crippen molar-refractivity contribution in [2.24, 2.45) is 10.1 Å². The number of amides is 1. The molecule has 1 aliphatic rings. The van der Waals surface area contributed by atoms with Crippen LogP contribution in [0.15, 0.2) is 82.7 Å². The molecule has 0 aromatic heterocycles. The summed E-state index contributed by atoms with van der Waals surface area (Å²) >= 11 is 0. The summed E-state index contributed by atoms with van der Waals surface area (Å²) in [5.41, 5.74) is 4.26. The van der Waals surface area contributed by atoms with E-state index in [1.54, 1.807) is 6.07 Å². The minimum atomic E-state index is -3.91. The van der Waals surface area contributed by atoms with Crippen molar-refractivity contribution < 1.29 is 13.2 Å². The van der Waals surface area contributed by atoms with Gasteiger partial charge in [0.15, 0.2) is 0 Å². The first-order valence-corrected chi connectivity index (χ1v) is 11.6. The van der Waals surface area contributed by atoms with Gasteiger partial charge in [-0.15, -0.1) is 0 Å². The van der Waals surface area contributed by atoms with Crippen molar-refractivity contribution >= 4 is 33.0 Å². The van der Waals surface area contributed by atoms with Crippen LogP contribution in [0, 0.1) is 0 Å². The quantitative estimate of drug-likeness (QED) is 0.565. The van der Waals surface area contributed by atoms with E-state index in [0.29, 0.717) is 22.6 Å². The molecule has 7 nitrogen and oxygen atoms in total. The molecule has 1 unspecified atom stereocenters. The lowest BCUT2D eigenvalue weighted by molar-refractivity contribution is -0.115. The molecule has 164 valence electrons. The number of nitrogens with zero attached hydrogens (tertiary/aromatic N) is 2. The molecule has 3 aromatic rings. The third-order valence-electron chi connectivity index (χ3n) is 5.21. The number of hydrogen-bond donors (Lipinski definition) is 2. The number of benzene rings is 3. The topological polar surface area (TPSA) is 105 Å². The molecule has 1 atom stereocenters. The number of sulfonamides is 1. The van der Waals surface area contributed by atoms with E-state index in [9.17, 15) is 13.2 Å². The summed E-state index contributed by atoms with van der Waals surface area (Å²) in [5.74, 6) is -1.03. The summed E-state index contributed by atoms with van der Waals surface area (Å²) in [4.78, 5) is 19.9. The van der Waals surface area contributed by atoms with Crippen molar-refractivity contribution in [2.75, 3.05) is 19.4 Å². The number of nitrogens with two attached hydrogens (primary N) is 1. The molecule has 0 spiro atoms. The second-order valence-electron chi connectivity index (χ2n) is 7.98. The predicted molar refractivity (Wildman–Crippen MR) is 126 cm³/mol. The molecule has 0 saturated carbocycles. The summed E-state index contributed by atoms with van der Waals surface area (Å²) in [7, 11) is 0.0987. The fraction of sp³-hybridized carbons (Fsp3) is 0.167. The van der Waals surface area contributed by atoms with Gasteiger partial charge in [0, 0.05) is 12.2 Å². The molecular formula is C24H24N4O3S. The van der Waals surface area contributed by atoms with Gasteiger partial charge >= 0.3 is 0 Å². The van der Waals surface area contributed by atoms with Crippen molar-refractivity contribution in [2.45, 2.75) is 17.4 Å². The van der Waals surface area contributed by atoms with E-state index in [4.69, 9.17) is 10.1 Å². The van der Waals surface area contributed by atoms with Crippen molar-refractivity contribution in [1.82, 2.24) is 4.90 Å². The lowest BCUT2D eigenvalue weighted by Crippen LogP contribution is -2.22. The SMILES string of the molecule is CN(C)Cc1ccc(N=C(c2ccccc2)C2C(=O)Nc3ccc(S(N)(=O)=O)cc32)cc1. The van der Waals surface area contributed by atoms with Crippen LogP contribution in [0.25, 0.3) is 0 Å². The van der Waals surface area contributed by atoms with Crippen molar-refractivity contribution in [1.29, 1.82) is 0 Å². The molecule has 0 aliphatic carbocycles. The maximum absolute atomic E-state index is 13.0. The molecular weight excluding hydrogens is 424 g/mol. The third-order valence-corrected chi connectivity index (χ3v) is 6.12. The van der Waals surface area contributed by atoms with Gasteiger partial charge in [-0.05, 0) is 61.1 Å². The Kier molecular flexibility index (Phi) is 5.92. The number of carbonyl (C=O) groups is 1. The second kappa shape index (κ2) is 8.66. The van der Waals surface area contributed by atoms with Crippen LogP contribution in [0.2, 0.25) is 0 Å². The van der Waals surface area contributed by atoms with E-state index in [0.717, 1.165) is 17.7 Å². The minimum Gasteiger partial charge on any atom is -0.325 e. The Bertz CT molecular complexity index is 1280. The smallest absolute Gasteiger partial charge is 0.238 e. The number of primary sulfonamides is 1. The molecule has 0 bridgehead atoms. The summed E-state index contributed by atoms with van der Waals surface area (Å²) in [5, 5.41) is 8.16. The van der Waals surface area contributed by atoms with Gasteiger partial charge in [0.2, 0.25) is 15.9 Å². The average Bonchev–Trinajstić information content (AvgIpc) is 3.07. The molecule has 8 heteroatoms.